The number of allylic oxidation sites excluding steroid dienone is 4. The molecular weight excluding hydrogens is 693 g/mol. The van der Waals surface area contributed by atoms with Crippen molar-refractivity contribution in [1.29, 1.82) is 0 Å². The SMILES string of the molecule is C=CC.CC1(C)C(c2ccc(C(=O)O)cc2)=CC[C@@]2(C)C1CC[C@]1(C)C2CC[C@@H]2[C@H]3CCC[C@]3(/C=C/C(=O)NCCCN3CCS(=O)(=O)CC3)CC[C@]21C. The molecule has 1 amide bonds. The molecule has 0 radical (unpaired) electrons. The molecule has 1 aromatic carbocycles. The Morgan fingerprint density at radius 2 is 1.59 bits per heavy atom. The summed E-state index contributed by atoms with van der Waals surface area (Å²) < 4.78 is 23.4. The number of carbonyl (C=O) groups is 2. The number of carbonyl (C=O) groups excluding carboxylic acids is 1. The lowest BCUT2D eigenvalue weighted by Crippen LogP contribution is -2.64. The van der Waals surface area contributed by atoms with Crippen molar-refractivity contribution in [3.05, 3.63) is 66.3 Å². The second kappa shape index (κ2) is 15.3. The Kier molecular flexibility index (Phi) is 11.6. The fourth-order valence-electron chi connectivity index (χ4n) is 13.6. The third-order valence-corrected chi connectivity index (χ3v) is 18.0. The standard InChI is InChI=1S/C43H62N2O5S.C3H6/c1-39(2)32(30-9-11-31(12-10-30)38(47)48)15-19-40(3)35(39)16-20-42(5)36(40)14-13-33-34-8-6-18-43(34,23-22-41(33,42)4)21-17-37(46)44-24-7-25-45-26-28-51(49,50)29-27-45;1-3-2/h9-12,15,17,21,33-36H,6-8,13-14,16,18-20,22-29H2,1-5H3,(H,44,46)(H,47,48);3H,1H2,2H3/b21-17+;/t33-,34-,35?,36?,40+,41-,42-,43+;/m1./s1. The van der Waals surface area contributed by atoms with E-state index in [1.807, 2.05) is 25.1 Å². The van der Waals surface area contributed by atoms with Crippen LogP contribution >= 0.6 is 0 Å². The van der Waals surface area contributed by atoms with Crippen LogP contribution in [0.3, 0.4) is 0 Å². The van der Waals surface area contributed by atoms with Gasteiger partial charge in [0.05, 0.1) is 17.1 Å². The molecule has 5 aliphatic carbocycles. The number of hydrogen-bond acceptors (Lipinski definition) is 5. The predicted octanol–water partition coefficient (Wildman–Crippen LogP) is 9.22. The molecule has 7 nitrogen and oxygen atoms in total. The van der Waals surface area contributed by atoms with Gasteiger partial charge in [-0.2, -0.15) is 0 Å². The number of amides is 1. The third-order valence-electron chi connectivity index (χ3n) is 16.4. The molecule has 4 saturated carbocycles. The van der Waals surface area contributed by atoms with Crippen LogP contribution < -0.4 is 5.32 Å². The normalized spacial score (nSPS) is 38.0. The fourth-order valence-corrected chi connectivity index (χ4v) is 14.9. The van der Waals surface area contributed by atoms with Gasteiger partial charge in [-0.3, -0.25) is 4.79 Å². The lowest BCUT2D eigenvalue weighted by molar-refractivity contribution is -0.218. The molecule has 8 heteroatoms. The summed E-state index contributed by atoms with van der Waals surface area (Å²) in [5.74, 6) is 2.20. The van der Waals surface area contributed by atoms with Gasteiger partial charge < -0.3 is 15.3 Å². The van der Waals surface area contributed by atoms with Crippen LogP contribution in [0, 0.1) is 50.7 Å². The second-order valence-corrected chi connectivity index (χ2v) is 21.5. The number of carboxylic acid groups (broad SMARTS) is 1. The van der Waals surface area contributed by atoms with E-state index in [9.17, 15) is 23.1 Å². The summed E-state index contributed by atoms with van der Waals surface area (Å²) >= 11 is 0. The van der Waals surface area contributed by atoms with Crippen LogP contribution in [-0.2, 0) is 14.6 Å². The molecule has 0 bridgehead atoms. The second-order valence-electron chi connectivity index (χ2n) is 19.2. The van der Waals surface area contributed by atoms with Gasteiger partial charge in [-0.1, -0.05) is 71.4 Å². The van der Waals surface area contributed by atoms with Gasteiger partial charge in [0.1, 0.15) is 0 Å². The minimum atomic E-state index is -2.87. The van der Waals surface area contributed by atoms with Crippen LogP contribution in [0.15, 0.2) is 55.1 Å². The molecule has 2 unspecified atom stereocenters. The molecule has 0 spiro atoms. The molecule has 0 aromatic heterocycles. The van der Waals surface area contributed by atoms with Gasteiger partial charge in [-0.15, -0.1) is 6.58 Å². The van der Waals surface area contributed by atoms with E-state index in [0.29, 0.717) is 48.9 Å². The number of rotatable bonds is 8. The Labute approximate surface area is 326 Å². The van der Waals surface area contributed by atoms with E-state index in [4.69, 9.17) is 0 Å². The van der Waals surface area contributed by atoms with Crippen molar-refractivity contribution in [1.82, 2.24) is 10.2 Å². The van der Waals surface area contributed by atoms with Crippen LogP contribution in [0.1, 0.15) is 128 Å². The number of fused-ring (bicyclic) bond motifs is 7. The molecule has 7 rings (SSSR count). The Hall–Kier alpha value is -2.71. The van der Waals surface area contributed by atoms with E-state index in [1.165, 1.54) is 68.9 Å². The summed E-state index contributed by atoms with van der Waals surface area (Å²) in [6.07, 6.45) is 21.6. The number of carboxylic acids is 1. The maximum absolute atomic E-state index is 13.1. The molecular formula is C46H68N2O5S. The topological polar surface area (TPSA) is 104 Å². The summed E-state index contributed by atoms with van der Waals surface area (Å²) in [6.45, 7) is 20.7. The Balaban J connectivity index is 0.00000160. The van der Waals surface area contributed by atoms with Crippen molar-refractivity contribution in [2.24, 2.45) is 50.7 Å². The Bertz CT molecular complexity index is 1730. The number of nitrogens with zero attached hydrogens (tertiary/aromatic N) is 1. The van der Waals surface area contributed by atoms with Crippen LogP contribution in [0.4, 0.5) is 0 Å². The number of aromatic carboxylic acids is 1. The zero-order chi connectivity index (χ0) is 39.2. The van der Waals surface area contributed by atoms with Crippen LogP contribution in [0.25, 0.3) is 5.57 Å². The number of hydrogen-bond donors (Lipinski definition) is 2. The highest BCUT2D eigenvalue weighted by atomic mass is 32.2. The molecule has 5 fully saturated rings. The van der Waals surface area contributed by atoms with E-state index in [1.54, 1.807) is 18.2 Å². The first-order valence-corrected chi connectivity index (χ1v) is 22.8. The van der Waals surface area contributed by atoms with Gasteiger partial charge in [-0.05, 0) is 158 Å². The Morgan fingerprint density at radius 3 is 2.26 bits per heavy atom. The lowest BCUT2D eigenvalue weighted by atomic mass is 9.32. The molecule has 1 saturated heterocycles. The fraction of sp³-hybridized carbons (Fsp3) is 0.696. The first kappa shape index (κ1) is 40.9. The van der Waals surface area contributed by atoms with E-state index in [0.717, 1.165) is 19.4 Å². The summed E-state index contributed by atoms with van der Waals surface area (Å²) in [5.41, 5.74) is 3.82. The summed E-state index contributed by atoms with van der Waals surface area (Å²) in [4.78, 5) is 26.8. The monoisotopic (exact) mass is 760 g/mol. The molecule has 298 valence electrons. The van der Waals surface area contributed by atoms with Gasteiger partial charge >= 0.3 is 5.97 Å². The summed E-state index contributed by atoms with van der Waals surface area (Å²) in [7, 11) is -2.87. The molecule has 1 aliphatic heterocycles. The number of nitrogens with one attached hydrogen (secondary N) is 1. The average Bonchev–Trinajstić information content (AvgIpc) is 3.55. The Morgan fingerprint density at radius 1 is 0.907 bits per heavy atom. The van der Waals surface area contributed by atoms with E-state index in [2.05, 4.69) is 63.6 Å². The molecule has 8 atom stereocenters. The van der Waals surface area contributed by atoms with Crippen LogP contribution in [-0.4, -0.2) is 68.0 Å². The smallest absolute Gasteiger partial charge is 0.335 e. The van der Waals surface area contributed by atoms with Gasteiger partial charge in [0.2, 0.25) is 5.91 Å². The molecule has 1 heterocycles. The maximum atomic E-state index is 13.1. The zero-order valence-corrected chi connectivity index (χ0v) is 34.9. The van der Waals surface area contributed by atoms with Crippen molar-refractivity contribution in [3.8, 4) is 0 Å². The van der Waals surface area contributed by atoms with Gasteiger partial charge in [-0.25, -0.2) is 13.2 Å². The third kappa shape index (κ3) is 7.21. The van der Waals surface area contributed by atoms with E-state index < -0.39 is 15.8 Å². The van der Waals surface area contributed by atoms with Gasteiger partial charge in [0.15, 0.2) is 9.84 Å². The van der Waals surface area contributed by atoms with E-state index >= 15 is 0 Å². The number of sulfone groups is 1. The van der Waals surface area contributed by atoms with Crippen molar-refractivity contribution in [2.75, 3.05) is 37.7 Å². The minimum absolute atomic E-state index is 0.00605. The van der Waals surface area contributed by atoms with Gasteiger partial charge in [0.25, 0.3) is 0 Å². The van der Waals surface area contributed by atoms with Crippen LogP contribution in [0.2, 0.25) is 0 Å². The predicted molar refractivity (Wildman–Crippen MR) is 220 cm³/mol. The van der Waals surface area contributed by atoms with Crippen molar-refractivity contribution in [3.63, 3.8) is 0 Å². The van der Waals surface area contributed by atoms with E-state index in [-0.39, 0.29) is 44.5 Å². The quantitative estimate of drug-likeness (QED) is 0.156. The highest BCUT2D eigenvalue weighted by Gasteiger charge is 2.69. The first-order valence-electron chi connectivity index (χ1n) is 21.0. The zero-order valence-electron chi connectivity index (χ0n) is 34.1. The summed E-state index contributed by atoms with van der Waals surface area (Å²) in [5, 5.41) is 12.6. The van der Waals surface area contributed by atoms with Crippen molar-refractivity contribution < 1.29 is 23.1 Å². The molecule has 6 aliphatic rings. The highest BCUT2D eigenvalue weighted by molar-refractivity contribution is 7.91. The molecule has 1 aromatic rings. The maximum Gasteiger partial charge on any atom is 0.335 e. The van der Waals surface area contributed by atoms with Crippen molar-refractivity contribution in [2.45, 2.75) is 112 Å². The first-order chi connectivity index (χ1) is 25.5. The lowest BCUT2D eigenvalue weighted by Gasteiger charge is -2.72. The highest BCUT2D eigenvalue weighted by Crippen LogP contribution is 2.77. The van der Waals surface area contributed by atoms with Gasteiger partial charge in [0, 0.05) is 19.6 Å². The largest absolute Gasteiger partial charge is 0.478 e. The molecule has 54 heavy (non-hydrogen) atoms. The number of benzene rings is 1. The van der Waals surface area contributed by atoms with Crippen LogP contribution in [0.5, 0.6) is 0 Å². The summed E-state index contributed by atoms with van der Waals surface area (Å²) in [6, 6.07) is 7.54. The van der Waals surface area contributed by atoms with Crippen molar-refractivity contribution >= 4 is 27.3 Å². The minimum Gasteiger partial charge on any atom is -0.478 e. The average molecular weight is 761 g/mol. The molecule has 2 N–H and O–H groups in total.